The largest absolute Gasteiger partial charge is 0.406 e. The maximum Gasteiger partial charge on any atom is 0.264 e. The lowest BCUT2D eigenvalue weighted by atomic mass is 9.65. The van der Waals surface area contributed by atoms with Crippen LogP contribution in [0.4, 0.5) is 15.8 Å². The van der Waals surface area contributed by atoms with Crippen molar-refractivity contribution in [2.24, 2.45) is 0 Å². The Balaban J connectivity index is 1.52. The van der Waals surface area contributed by atoms with Crippen LogP contribution >= 0.6 is 11.6 Å². The molecular formula is C21H21ClFN3O5S. The number of halogens is 2. The number of hydroxylamine groups is 1. The molecule has 3 aliphatic rings. The van der Waals surface area contributed by atoms with Crippen LogP contribution in [0.25, 0.3) is 0 Å². The predicted molar refractivity (Wildman–Crippen MR) is 116 cm³/mol. The van der Waals surface area contributed by atoms with Gasteiger partial charge in [-0.3, -0.25) is 9.52 Å². The molecule has 0 aromatic heterocycles. The zero-order chi connectivity index (χ0) is 22.7. The number of aliphatic hydroxyl groups excluding tert-OH is 1. The highest BCUT2D eigenvalue weighted by Crippen LogP contribution is 2.54. The number of amides is 1. The first-order valence-electron chi connectivity index (χ1n) is 10.2. The molecule has 0 radical (unpaired) electrons. The van der Waals surface area contributed by atoms with E-state index in [9.17, 15) is 22.7 Å². The lowest BCUT2D eigenvalue weighted by molar-refractivity contribution is -0.123. The Morgan fingerprint density at radius 2 is 1.94 bits per heavy atom. The highest BCUT2D eigenvalue weighted by molar-refractivity contribution is 7.92. The molecule has 1 amide bonds. The molecule has 32 heavy (non-hydrogen) atoms. The summed E-state index contributed by atoms with van der Waals surface area (Å²) < 4.78 is 42.4. The summed E-state index contributed by atoms with van der Waals surface area (Å²) in [6.45, 7) is -0.117. The fourth-order valence-corrected chi connectivity index (χ4v) is 5.41. The number of benzene rings is 2. The van der Waals surface area contributed by atoms with Crippen molar-refractivity contribution in [2.45, 2.75) is 48.0 Å². The molecule has 2 aromatic rings. The minimum Gasteiger partial charge on any atom is -0.406 e. The highest BCUT2D eigenvalue weighted by Gasteiger charge is 2.52. The van der Waals surface area contributed by atoms with Crippen LogP contribution < -0.4 is 20.4 Å². The number of aliphatic hydroxyl groups is 1. The van der Waals surface area contributed by atoms with Crippen molar-refractivity contribution in [2.75, 3.05) is 16.6 Å². The van der Waals surface area contributed by atoms with Gasteiger partial charge in [0.25, 0.3) is 10.0 Å². The van der Waals surface area contributed by atoms with Crippen molar-refractivity contribution in [1.29, 1.82) is 0 Å². The van der Waals surface area contributed by atoms with Gasteiger partial charge in [0.15, 0.2) is 5.75 Å². The first-order valence-corrected chi connectivity index (χ1v) is 12.1. The number of carbonyl (C=O) groups is 1. The van der Waals surface area contributed by atoms with Crippen molar-refractivity contribution < 1.29 is 27.5 Å². The molecule has 1 aliphatic heterocycles. The van der Waals surface area contributed by atoms with Gasteiger partial charge in [-0.15, -0.1) is 5.48 Å². The van der Waals surface area contributed by atoms with E-state index in [0.29, 0.717) is 24.1 Å². The van der Waals surface area contributed by atoms with E-state index in [-0.39, 0.29) is 29.0 Å². The Kier molecular flexibility index (Phi) is 4.90. The van der Waals surface area contributed by atoms with Crippen molar-refractivity contribution in [3.8, 4) is 5.75 Å². The monoisotopic (exact) mass is 481 g/mol. The molecule has 2 aromatic carbocycles. The fraction of sp³-hybridized carbons (Fsp3) is 0.381. The summed E-state index contributed by atoms with van der Waals surface area (Å²) in [7, 11) is -4.28. The Bertz CT molecular complexity index is 1230. The molecule has 8 nitrogen and oxygen atoms in total. The van der Waals surface area contributed by atoms with Gasteiger partial charge >= 0.3 is 0 Å². The topological polar surface area (TPSA) is 117 Å². The first kappa shape index (κ1) is 21.4. The SMILES string of the molecule is O=C1Nc2c(ONC3(CO)CC3)cc(NS(=O)(=O)c3ccc(Cl)cc3F)cc2C12CCC2. The third-order valence-electron chi connectivity index (χ3n) is 6.47. The smallest absolute Gasteiger partial charge is 0.264 e. The van der Waals surface area contributed by atoms with Crippen LogP contribution in [0.3, 0.4) is 0 Å². The molecule has 5 rings (SSSR count). The van der Waals surface area contributed by atoms with Crippen LogP contribution in [0.2, 0.25) is 5.02 Å². The second-order valence-electron chi connectivity index (χ2n) is 8.61. The van der Waals surface area contributed by atoms with Crippen LogP contribution in [-0.2, 0) is 20.2 Å². The summed E-state index contributed by atoms with van der Waals surface area (Å²) in [5, 5.41) is 12.5. The Labute approximate surface area is 189 Å². The molecule has 11 heteroatoms. The van der Waals surface area contributed by atoms with E-state index < -0.39 is 31.7 Å². The van der Waals surface area contributed by atoms with Gasteiger partial charge in [0.05, 0.1) is 28.9 Å². The zero-order valence-electron chi connectivity index (χ0n) is 16.9. The van der Waals surface area contributed by atoms with E-state index in [1.807, 2.05) is 0 Å². The Morgan fingerprint density at radius 3 is 2.53 bits per heavy atom. The third kappa shape index (κ3) is 3.42. The molecule has 0 saturated heterocycles. The second-order valence-corrected chi connectivity index (χ2v) is 10.7. The third-order valence-corrected chi connectivity index (χ3v) is 8.12. The molecule has 1 spiro atoms. The van der Waals surface area contributed by atoms with Crippen LogP contribution in [0, 0.1) is 5.82 Å². The number of rotatable bonds is 7. The van der Waals surface area contributed by atoms with Crippen LogP contribution in [0.5, 0.6) is 5.75 Å². The maximum atomic E-state index is 14.3. The predicted octanol–water partition coefficient (Wildman–Crippen LogP) is 3.06. The van der Waals surface area contributed by atoms with Gasteiger partial charge < -0.3 is 15.3 Å². The second kappa shape index (κ2) is 7.31. The first-order chi connectivity index (χ1) is 15.2. The standard InChI is InChI=1S/C21H21ClFN3O5S/c22-12-2-3-17(15(23)8-12)32(29,30)25-13-9-14-18(24-19(28)21(14)4-1-5-21)16(10-13)31-26-20(11-27)6-7-20/h2-3,8-10,25-27H,1,4-7,11H2,(H,24,28). The van der Waals surface area contributed by atoms with E-state index in [1.54, 1.807) is 6.07 Å². The number of hydrogen-bond acceptors (Lipinski definition) is 6. The van der Waals surface area contributed by atoms with Crippen molar-refractivity contribution in [3.05, 3.63) is 46.7 Å². The fourth-order valence-electron chi connectivity index (χ4n) is 4.15. The van der Waals surface area contributed by atoms with Crippen LogP contribution in [0.15, 0.2) is 35.2 Å². The summed E-state index contributed by atoms with van der Waals surface area (Å²) in [4.78, 5) is 17.9. The normalized spacial score (nSPS) is 19.8. The summed E-state index contributed by atoms with van der Waals surface area (Å²) in [5.41, 5.74) is 2.79. The zero-order valence-corrected chi connectivity index (χ0v) is 18.4. The maximum absolute atomic E-state index is 14.3. The average Bonchev–Trinajstić information content (AvgIpc) is 3.40. The number of anilines is 2. The van der Waals surface area contributed by atoms with Crippen molar-refractivity contribution in [1.82, 2.24) is 5.48 Å². The number of fused-ring (bicyclic) bond motifs is 2. The number of hydrogen-bond donors (Lipinski definition) is 4. The molecule has 170 valence electrons. The lowest BCUT2D eigenvalue weighted by Crippen LogP contribution is -2.40. The van der Waals surface area contributed by atoms with E-state index in [0.717, 1.165) is 31.4 Å². The van der Waals surface area contributed by atoms with Crippen LogP contribution in [0.1, 0.15) is 37.7 Å². The highest BCUT2D eigenvalue weighted by atomic mass is 35.5. The average molecular weight is 482 g/mol. The molecular weight excluding hydrogens is 461 g/mol. The number of sulfonamides is 1. The van der Waals surface area contributed by atoms with Gasteiger partial charge in [0, 0.05) is 11.1 Å². The molecule has 1 heterocycles. The number of carbonyl (C=O) groups excluding carboxylic acids is 1. The minimum absolute atomic E-state index is 0.0788. The van der Waals surface area contributed by atoms with Gasteiger partial charge in [0.2, 0.25) is 5.91 Å². The summed E-state index contributed by atoms with van der Waals surface area (Å²) in [6, 6.07) is 6.30. The molecule has 0 atom stereocenters. The van der Waals surface area contributed by atoms with Gasteiger partial charge in [-0.05, 0) is 55.5 Å². The Morgan fingerprint density at radius 1 is 1.19 bits per heavy atom. The summed E-state index contributed by atoms with van der Waals surface area (Å²) in [5.74, 6) is -0.917. The molecule has 4 N–H and O–H groups in total. The molecule has 0 bridgehead atoms. The number of nitrogens with one attached hydrogen (secondary N) is 3. The summed E-state index contributed by atoms with van der Waals surface area (Å²) in [6.07, 6.45) is 3.61. The van der Waals surface area contributed by atoms with Gasteiger partial charge in [-0.25, -0.2) is 12.8 Å². The van der Waals surface area contributed by atoms with Gasteiger partial charge in [-0.1, -0.05) is 18.0 Å². The minimum atomic E-state index is -4.28. The lowest BCUT2D eigenvalue weighted by Gasteiger charge is -2.36. The van der Waals surface area contributed by atoms with E-state index in [2.05, 4.69) is 15.5 Å². The van der Waals surface area contributed by atoms with Crippen molar-refractivity contribution >= 4 is 38.9 Å². The molecule has 2 fully saturated rings. The van der Waals surface area contributed by atoms with E-state index in [4.69, 9.17) is 16.4 Å². The molecule has 2 aliphatic carbocycles. The quantitative estimate of drug-likeness (QED) is 0.452. The Hall–Kier alpha value is -2.40. The van der Waals surface area contributed by atoms with Crippen LogP contribution in [-0.4, -0.2) is 31.6 Å². The van der Waals surface area contributed by atoms with Crippen molar-refractivity contribution in [3.63, 3.8) is 0 Å². The van der Waals surface area contributed by atoms with E-state index >= 15 is 0 Å². The molecule has 2 saturated carbocycles. The van der Waals surface area contributed by atoms with Gasteiger partial charge in [0.1, 0.15) is 10.7 Å². The van der Waals surface area contributed by atoms with E-state index in [1.165, 1.54) is 12.1 Å². The summed E-state index contributed by atoms with van der Waals surface area (Å²) >= 11 is 5.73. The van der Waals surface area contributed by atoms with Gasteiger partial charge in [-0.2, -0.15) is 0 Å². The molecule has 0 unspecified atom stereocenters.